The number of nitrogens with one attached hydrogen (secondary N) is 1. The lowest BCUT2D eigenvalue weighted by atomic mass is 10.1. The number of hydrogen-bond acceptors (Lipinski definition) is 2. The van der Waals surface area contributed by atoms with Gasteiger partial charge in [-0.2, -0.15) is 0 Å². The van der Waals surface area contributed by atoms with E-state index in [1.807, 2.05) is 36.2 Å². The molecule has 0 bridgehead atoms. The van der Waals surface area contributed by atoms with Gasteiger partial charge in [0, 0.05) is 18.1 Å². The van der Waals surface area contributed by atoms with E-state index >= 15 is 0 Å². The normalized spacial score (nSPS) is 10.8. The predicted molar refractivity (Wildman–Crippen MR) is 90.9 cm³/mol. The summed E-state index contributed by atoms with van der Waals surface area (Å²) in [4.78, 5) is 13.8. The van der Waals surface area contributed by atoms with Crippen molar-refractivity contribution >= 4 is 17.5 Å². The zero-order chi connectivity index (χ0) is 16.7. The Labute approximate surface area is 141 Å². The molecule has 1 amide bonds. The van der Waals surface area contributed by atoms with Crippen LogP contribution in [-0.4, -0.2) is 30.9 Å². The van der Waals surface area contributed by atoms with E-state index < -0.39 is 0 Å². The minimum Gasteiger partial charge on any atom is -0.355 e. The Morgan fingerprint density at radius 2 is 1.70 bits per heavy atom. The number of nitrogens with zero attached hydrogens (tertiary/aromatic N) is 1. The Balaban J connectivity index is 1.69. The smallest absolute Gasteiger partial charge is 0.234 e. The van der Waals surface area contributed by atoms with Gasteiger partial charge in [0.15, 0.2) is 0 Å². The summed E-state index contributed by atoms with van der Waals surface area (Å²) in [7, 11) is 1.90. The molecule has 0 radical (unpaired) electrons. The molecular formula is C18H20ClFN2O. The molecule has 0 aliphatic carbocycles. The van der Waals surface area contributed by atoms with Gasteiger partial charge in [-0.1, -0.05) is 35.9 Å². The minimum atomic E-state index is -0.249. The maximum atomic E-state index is 12.8. The Morgan fingerprint density at radius 1 is 1.09 bits per heavy atom. The largest absolute Gasteiger partial charge is 0.355 e. The number of likely N-dealkylation sites (N-methyl/N-ethyl adjacent to an activating group) is 1. The van der Waals surface area contributed by atoms with Crippen LogP contribution in [0.15, 0.2) is 48.5 Å². The molecule has 0 unspecified atom stereocenters. The van der Waals surface area contributed by atoms with E-state index in [1.54, 1.807) is 12.1 Å². The number of rotatable bonds is 7. The van der Waals surface area contributed by atoms with Gasteiger partial charge in [0.25, 0.3) is 0 Å². The molecule has 0 spiro atoms. The highest BCUT2D eigenvalue weighted by molar-refractivity contribution is 6.30. The van der Waals surface area contributed by atoms with E-state index in [1.165, 1.54) is 12.1 Å². The van der Waals surface area contributed by atoms with Crippen LogP contribution in [0.4, 0.5) is 4.39 Å². The summed E-state index contributed by atoms with van der Waals surface area (Å²) in [5.41, 5.74) is 2.11. The maximum Gasteiger partial charge on any atom is 0.234 e. The van der Waals surface area contributed by atoms with Gasteiger partial charge in [0.2, 0.25) is 5.91 Å². The number of hydrogen-bond donors (Lipinski definition) is 1. The molecular weight excluding hydrogens is 315 g/mol. The van der Waals surface area contributed by atoms with Crippen LogP contribution in [0.1, 0.15) is 11.1 Å². The van der Waals surface area contributed by atoms with Gasteiger partial charge in [-0.15, -0.1) is 0 Å². The van der Waals surface area contributed by atoms with Gasteiger partial charge < -0.3 is 5.32 Å². The van der Waals surface area contributed by atoms with Crippen LogP contribution in [0.25, 0.3) is 0 Å². The molecule has 0 saturated heterocycles. The lowest BCUT2D eigenvalue weighted by Crippen LogP contribution is -2.35. The summed E-state index contributed by atoms with van der Waals surface area (Å²) in [5.74, 6) is -0.273. The highest BCUT2D eigenvalue weighted by Crippen LogP contribution is 2.10. The van der Waals surface area contributed by atoms with Gasteiger partial charge in [0.1, 0.15) is 5.82 Å². The molecule has 122 valence electrons. The quantitative estimate of drug-likeness (QED) is 0.843. The maximum absolute atomic E-state index is 12.8. The number of carbonyl (C=O) groups is 1. The number of halogens is 2. The van der Waals surface area contributed by atoms with Crippen molar-refractivity contribution in [2.75, 3.05) is 20.1 Å². The second kappa shape index (κ2) is 8.65. The Morgan fingerprint density at radius 3 is 2.35 bits per heavy atom. The molecule has 2 rings (SSSR count). The highest BCUT2D eigenvalue weighted by Gasteiger charge is 2.07. The van der Waals surface area contributed by atoms with E-state index in [4.69, 9.17) is 11.6 Å². The monoisotopic (exact) mass is 334 g/mol. The zero-order valence-corrected chi connectivity index (χ0v) is 13.8. The molecule has 0 atom stereocenters. The summed E-state index contributed by atoms with van der Waals surface area (Å²) < 4.78 is 12.8. The summed E-state index contributed by atoms with van der Waals surface area (Å²) in [5, 5.41) is 3.58. The van der Waals surface area contributed by atoms with Crippen LogP contribution < -0.4 is 5.32 Å². The molecule has 0 heterocycles. The Bertz CT molecular complexity index is 628. The summed E-state index contributed by atoms with van der Waals surface area (Å²) in [6.07, 6.45) is 0.687. The third kappa shape index (κ3) is 6.38. The van der Waals surface area contributed by atoms with Crippen LogP contribution >= 0.6 is 11.6 Å². The second-order valence-electron chi connectivity index (χ2n) is 5.53. The summed E-state index contributed by atoms with van der Waals surface area (Å²) in [6.45, 7) is 1.55. The van der Waals surface area contributed by atoms with Crippen molar-refractivity contribution in [1.82, 2.24) is 10.2 Å². The Hall–Kier alpha value is -1.91. The third-order valence-corrected chi connectivity index (χ3v) is 3.68. The molecule has 5 heteroatoms. The van der Waals surface area contributed by atoms with E-state index in [2.05, 4.69) is 5.32 Å². The van der Waals surface area contributed by atoms with E-state index in [9.17, 15) is 9.18 Å². The fourth-order valence-electron chi connectivity index (χ4n) is 2.26. The van der Waals surface area contributed by atoms with Crippen molar-refractivity contribution in [1.29, 1.82) is 0 Å². The predicted octanol–water partition coefficient (Wildman–Crippen LogP) is 3.27. The number of benzene rings is 2. The van der Waals surface area contributed by atoms with Crippen LogP contribution in [0, 0.1) is 5.82 Å². The number of carbonyl (C=O) groups excluding carboxylic acids is 1. The molecule has 0 aliphatic heterocycles. The van der Waals surface area contributed by atoms with Crippen LogP contribution in [-0.2, 0) is 17.8 Å². The van der Waals surface area contributed by atoms with Gasteiger partial charge >= 0.3 is 0 Å². The van der Waals surface area contributed by atoms with Gasteiger partial charge in [-0.25, -0.2) is 4.39 Å². The van der Waals surface area contributed by atoms with Gasteiger partial charge in [0.05, 0.1) is 6.54 Å². The van der Waals surface area contributed by atoms with Crippen molar-refractivity contribution in [2.45, 2.75) is 13.0 Å². The fraction of sp³-hybridized carbons (Fsp3) is 0.278. The molecule has 0 aromatic heterocycles. The van der Waals surface area contributed by atoms with E-state index in [0.717, 1.165) is 11.1 Å². The van der Waals surface area contributed by atoms with Gasteiger partial charge in [-0.05, 0) is 48.9 Å². The van der Waals surface area contributed by atoms with E-state index in [0.29, 0.717) is 31.1 Å². The highest BCUT2D eigenvalue weighted by atomic mass is 35.5. The van der Waals surface area contributed by atoms with Crippen LogP contribution in [0.3, 0.4) is 0 Å². The van der Waals surface area contributed by atoms with Crippen molar-refractivity contribution < 1.29 is 9.18 Å². The topological polar surface area (TPSA) is 32.3 Å². The third-order valence-electron chi connectivity index (χ3n) is 3.43. The second-order valence-corrected chi connectivity index (χ2v) is 5.96. The van der Waals surface area contributed by atoms with Crippen LogP contribution in [0.2, 0.25) is 5.02 Å². The Kier molecular flexibility index (Phi) is 6.56. The molecule has 1 N–H and O–H groups in total. The average Bonchev–Trinajstić information content (AvgIpc) is 2.51. The van der Waals surface area contributed by atoms with Crippen molar-refractivity contribution in [3.8, 4) is 0 Å². The first-order valence-electron chi connectivity index (χ1n) is 7.47. The lowest BCUT2D eigenvalue weighted by Gasteiger charge is -2.16. The fourth-order valence-corrected chi connectivity index (χ4v) is 2.38. The van der Waals surface area contributed by atoms with Crippen molar-refractivity contribution in [3.05, 3.63) is 70.5 Å². The van der Waals surface area contributed by atoms with Gasteiger partial charge in [-0.3, -0.25) is 9.69 Å². The molecule has 0 aliphatic rings. The molecule has 2 aromatic rings. The first-order valence-corrected chi connectivity index (χ1v) is 7.85. The molecule has 3 nitrogen and oxygen atoms in total. The average molecular weight is 335 g/mol. The van der Waals surface area contributed by atoms with Crippen LogP contribution in [0.5, 0.6) is 0 Å². The standard InChI is InChI=1S/C18H20ClFN2O/c1-22(12-15-2-6-16(19)7-3-15)13-18(23)21-11-10-14-4-8-17(20)9-5-14/h2-9H,10-13H2,1H3,(H,21,23). The van der Waals surface area contributed by atoms with Crippen molar-refractivity contribution in [3.63, 3.8) is 0 Å². The molecule has 0 saturated carbocycles. The molecule has 2 aromatic carbocycles. The van der Waals surface area contributed by atoms with Crippen molar-refractivity contribution in [2.24, 2.45) is 0 Å². The first kappa shape index (κ1) is 17.4. The number of amides is 1. The van der Waals surface area contributed by atoms with E-state index in [-0.39, 0.29) is 11.7 Å². The first-order chi connectivity index (χ1) is 11.0. The summed E-state index contributed by atoms with van der Waals surface area (Å²) >= 11 is 5.85. The summed E-state index contributed by atoms with van der Waals surface area (Å²) in [6, 6.07) is 13.9. The molecule has 23 heavy (non-hydrogen) atoms. The molecule has 0 fully saturated rings. The zero-order valence-electron chi connectivity index (χ0n) is 13.1. The SMILES string of the molecule is CN(CC(=O)NCCc1ccc(F)cc1)Cc1ccc(Cl)cc1. The minimum absolute atomic E-state index is 0.0245. The lowest BCUT2D eigenvalue weighted by molar-refractivity contribution is -0.122.